The van der Waals surface area contributed by atoms with E-state index in [9.17, 15) is 19.2 Å². The molecule has 0 saturated heterocycles. The second-order valence-electron chi connectivity index (χ2n) is 26.0. The van der Waals surface area contributed by atoms with Crippen LogP contribution in [0.2, 0.25) is 0 Å². The lowest BCUT2D eigenvalue weighted by Crippen LogP contribution is -2.52. The number of aryl methyl sites for hydroxylation is 4. The number of aromatic nitrogens is 2. The average Bonchev–Trinajstić information content (AvgIpc) is 0.671. The molecule has 0 aliphatic carbocycles. The first-order chi connectivity index (χ1) is 50.2. The van der Waals surface area contributed by atoms with Crippen LogP contribution in [-0.2, 0) is 51.0 Å². The first kappa shape index (κ1) is 69.9. The maximum Gasteiger partial charge on any atom is 0.333 e. The number of carbonyl (C=O) groups excluding carboxylic acids is 8. The molecular weight excluding hydrogens is 1320 g/mol. The fourth-order valence-electron chi connectivity index (χ4n) is 12.9. The number of fused-ring (bicyclic) bond motifs is 2. The van der Waals surface area contributed by atoms with Gasteiger partial charge in [-0.2, -0.15) is 0 Å². The molecule has 0 bridgehead atoms. The summed E-state index contributed by atoms with van der Waals surface area (Å²) in [7, 11) is 0. The Hall–Kier alpha value is -12.6. The monoisotopic (exact) mass is 1390 g/mol. The summed E-state index contributed by atoms with van der Waals surface area (Å²) in [6.07, 6.45) is 6.90. The van der Waals surface area contributed by atoms with Gasteiger partial charge in [0.05, 0.1) is 48.7 Å². The highest BCUT2D eigenvalue weighted by Gasteiger charge is 2.47. The van der Waals surface area contributed by atoms with Crippen molar-refractivity contribution in [1.82, 2.24) is 19.8 Å². The SMILES string of the molecule is C=C(C)C(=O)OCCCCOC(=O)C(Cc1ccncc1)N1C(=O)c2cc(Oc3ccc(C)cc3)c3c4c(Oc5ccc(C)cc5)cc5c6c(cc(Oc7ccc(C)cc7)c(c7c(Oc8ccc(C)cc8)cc(c2c37)C1=O)c64)C(=O)N(C(Cc1ccncc1)C(=O)OCCCCOC(=O)C(=C)C)C5=O. The van der Waals surface area contributed by atoms with Crippen LogP contribution in [0.4, 0.5) is 0 Å². The summed E-state index contributed by atoms with van der Waals surface area (Å²) in [6, 6.07) is 38.5. The van der Waals surface area contributed by atoms with Gasteiger partial charge in [0.2, 0.25) is 0 Å². The molecule has 2 aliphatic rings. The number of benzene rings is 9. The third-order valence-corrected chi connectivity index (χ3v) is 18.2. The summed E-state index contributed by atoms with van der Waals surface area (Å²) in [4.78, 5) is 130. The van der Waals surface area contributed by atoms with Crippen molar-refractivity contribution in [3.05, 3.63) is 250 Å². The second kappa shape index (κ2) is 29.9. The van der Waals surface area contributed by atoms with Crippen LogP contribution in [0, 0.1) is 27.7 Å². The number of hydrogen-bond donors (Lipinski definition) is 0. The number of pyridine rings is 2. The van der Waals surface area contributed by atoms with Crippen LogP contribution in [0.1, 0.15) is 114 Å². The molecule has 524 valence electrons. The van der Waals surface area contributed by atoms with E-state index in [1.165, 1.54) is 62.9 Å². The zero-order valence-corrected chi connectivity index (χ0v) is 58.1. The number of amides is 4. The second-order valence-corrected chi connectivity index (χ2v) is 26.0. The van der Waals surface area contributed by atoms with Crippen LogP contribution in [-0.4, -0.2) is 106 Å². The largest absolute Gasteiger partial charge is 0.464 e. The number of rotatable bonds is 28. The van der Waals surface area contributed by atoms with Crippen molar-refractivity contribution in [2.75, 3.05) is 26.4 Å². The van der Waals surface area contributed by atoms with Gasteiger partial charge in [0.1, 0.15) is 58.1 Å². The Bertz CT molecular complexity index is 4700. The maximum atomic E-state index is 16.3. The van der Waals surface area contributed by atoms with Crippen molar-refractivity contribution in [3.8, 4) is 46.0 Å². The number of carbonyl (C=O) groups is 8. The van der Waals surface area contributed by atoms with E-state index in [4.69, 9.17) is 37.9 Å². The Morgan fingerprint density at radius 1 is 0.356 bits per heavy atom. The Kier molecular flexibility index (Phi) is 20.1. The normalized spacial score (nSPS) is 13.1. The highest BCUT2D eigenvalue weighted by molar-refractivity contribution is 6.45. The minimum absolute atomic E-state index is 0.0286. The highest BCUT2D eigenvalue weighted by Crippen LogP contribution is 2.58. The van der Waals surface area contributed by atoms with Crippen molar-refractivity contribution < 1.29 is 76.3 Å². The molecule has 2 aliphatic heterocycles. The van der Waals surface area contributed by atoms with Gasteiger partial charge < -0.3 is 37.9 Å². The molecule has 0 fully saturated rings. The Labute approximate surface area is 598 Å². The molecule has 0 spiro atoms. The molecule has 20 heteroatoms. The highest BCUT2D eigenvalue weighted by atomic mass is 16.6. The molecular formula is C84H72N4O16. The zero-order chi connectivity index (χ0) is 73.0. The molecule has 20 nitrogen and oxygen atoms in total. The van der Waals surface area contributed by atoms with Crippen LogP contribution < -0.4 is 18.9 Å². The van der Waals surface area contributed by atoms with Crippen molar-refractivity contribution in [3.63, 3.8) is 0 Å². The lowest BCUT2D eigenvalue weighted by atomic mass is 9.80. The lowest BCUT2D eigenvalue weighted by Gasteiger charge is -2.35. The van der Waals surface area contributed by atoms with Gasteiger partial charge in [0.25, 0.3) is 23.6 Å². The topological polar surface area (TPSA) is 243 Å². The van der Waals surface area contributed by atoms with E-state index < -0.39 is 59.6 Å². The Morgan fingerprint density at radius 3 is 0.856 bits per heavy atom. The van der Waals surface area contributed by atoms with Crippen molar-refractivity contribution in [2.45, 2.75) is 92.2 Å². The molecule has 11 aromatic rings. The smallest absolute Gasteiger partial charge is 0.333 e. The van der Waals surface area contributed by atoms with Crippen LogP contribution >= 0.6 is 0 Å². The van der Waals surface area contributed by atoms with Crippen LogP contribution in [0.25, 0.3) is 43.1 Å². The molecule has 0 N–H and O–H groups in total. The molecule has 9 aromatic carbocycles. The van der Waals surface area contributed by atoms with Gasteiger partial charge in [0.15, 0.2) is 0 Å². The lowest BCUT2D eigenvalue weighted by molar-refractivity contribution is -0.149. The summed E-state index contributed by atoms with van der Waals surface area (Å²) >= 11 is 0. The minimum Gasteiger partial charge on any atom is -0.464 e. The van der Waals surface area contributed by atoms with E-state index >= 15 is 19.2 Å². The Balaban J connectivity index is 1.09. The van der Waals surface area contributed by atoms with Gasteiger partial charge in [-0.3, -0.25) is 38.9 Å². The van der Waals surface area contributed by atoms with Gasteiger partial charge in [-0.1, -0.05) is 83.9 Å². The summed E-state index contributed by atoms with van der Waals surface area (Å²) in [5, 5.41) is 1.66. The summed E-state index contributed by atoms with van der Waals surface area (Å²) in [5.41, 5.74) is 4.92. The molecule has 13 rings (SSSR count). The molecule has 0 saturated carbocycles. The number of hydrogen-bond acceptors (Lipinski definition) is 18. The third-order valence-electron chi connectivity index (χ3n) is 18.2. The molecule has 0 radical (unpaired) electrons. The number of esters is 4. The molecule has 2 unspecified atom stereocenters. The molecule has 2 aromatic heterocycles. The van der Waals surface area contributed by atoms with Crippen molar-refractivity contribution >= 4 is 90.6 Å². The van der Waals surface area contributed by atoms with Crippen LogP contribution in [0.3, 0.4) is 0 Å². The van der Waals surface area contributed by atoms with E-state index in [2.05, 4.69) is 23.1 Å². The number of ether oxygens (including phenoxy) is 8. The minimum atomic E-state index is -1.58. The number of nitrogens with zero attached hydrogens (tertiary/aromatic N) is 4. The standard InChI is InChI=1S/C84H72N4O16/c1-47(2)81(93)97-37-9-11-39-99-83(95)63(41-53-29-33-85-34-30-53)87-77(89)59-43-65(101-55-21-13-49(5)14-22-55)71-73-67(103-57-25-17-51(7)18-26-57)45-61-70-62(80(92)88(79(61)91)64(42-54-31-35-86-36-32-54)84(96)100-40-12-10-38-98-82(94)48(3)4)46-68(104-58-27-19-52(8)20-28-58)74(76(70)73)72-66(102-56-23-15-50(6)16-24-56)44-60(78(87)90)69(59)75(71)72/h13-36,43-46,63-64H,1,3,9-12,37-42H2,2,4-8H3. The van der Waals surface area contributed by atoms with Gasteiger partial charge >= 0.3 is 23.9 Å². The van der Waals surface area contributed by atoms with E-state index in [0.717, 1.165) is 32.1 Å². The van der Waals surface area contributed by atoms with E-state index in [0.29, 0.717) is 47.0 Å². The molecule has 2 atom stereocenters. The van der Waals surface area contributed by atoms with Gasteiger partial charge in [-0.25, -0.2) is 19.2 Å². The predicted octanol–water partition coefficient (Wildman–Crippen LogP) is 16.2. The number of unbranched alkanes of at least 4 members (excludes halogenated alkanes) is 2. The van der Waals surface area contributed by atoms with Crippen LogP contribution in [0.15, 0.2) is 195 Å². The van der Waals surface area contributed by atoms with Gasteiger partial charge in [-0.15, -0.1) is 0 Å². The molecule has 4 amide bonds. The van der Waals surface area contributed by atoms with Crippen molar-refractivity contribution in [1.29, 1.82) is 0 Å². The van der Waals surface area contributed by atoms with Crippen LogP contribution in [0.5, 0.6) is 46.0 Å². The van der Waals surface area contributed by atoms with Gasteiger partial charge in [-0.05, 0) is 175 Å². The number of imide groups is 2. The maximum absolute atomic E-state index is 16.3. The first-order valence-electron chi connectivity index (χ1n) is 34.1. The average molecular weight is 1390 g/mol. The van der Waals surface area contributed by atoms with E-state index in [1.807, 2.05) is 76.2 Å². The quantitative estimate of drug-likeness (QED) is 0.00841. The summed E-state index contributed by atoms with van der Waals surface area (Å²) in [6.45, 7) is 17.8. The zero-order valence-electron chi connectivity index (χ0n) is 58.1. The van der Waals surface area contributed by atoms with Gasteiger partial charge in [0, 0.05) is 91.9 Å². The summed E-state index contributed by atoms with van der Waals surface area (Å²) < 4.78 is 51.2. The fourth-order valence-corrected chi connectivity index (χ4v) is 12.9. The molecule has 104 heavy (non-hydrogen) atoms. The van der Waals surface area contributed by atoms with E-state index in [-0.39, 0.29) is 152 Å². The van der Waals surface area contributed by atoms with Crippen molar-refractivity contribution in [2.24, 2.45) is 0 Å². The molecule has 4 heterocycles. The third kappa shape index (κ3) is 14.3. The first-order valence-corrected chi connectivity index (χ1v) is 34.1. The fraction of sp³-hybridized carbons (Fsp3) is 0.214. The summed E-state index contributed by atoms with van der Waals surface area (Å²) in [5.74, 6) is -5.06. The van der Waals surface area contributed by atoms with E-state index in [1.54, 1.807) is 72.8 Å². The Morgan fingerprint density at radius 2 is 0.606 bits per heavy atom. The predicted molar refractivity (Wildman–Crippen MR) is 389 cm³/mol.